The van der Waals surface area contributed by atoms with Gasteiger partial charge in [-0.1, -0.05) is 39.0 Å². The Bertz CT molecular complexity index is 844. The zero-order valence-corrected chi connectivity index (χ0v) is 16.3. The van der Waals surface area contributed by atoms with Gasteiger partial charge in [0.1, 0.15) is 11.3 Å². The van der Waals surface area contributed by atoms with Crippen LogP contribution in [0, 0.1) is 28.6 Å². The van der Waals surface area contributed by atoms with Crippen molar-refractivity contribution in [3.63, 3.8) is 0 Å². The van der Waals surface area contributed by atoms with E-state index in [1.165, 1.54) is 32.1 Å². The molecule has 0 aliphatic heterocycles. The summed E-state index contributed by atoms with van der Waals surface area (Å²) in [6.45, 7) is 3.34. The zero-order valence-electron chi connectivity index (χ0n) is 16.3. The van der Waals surface area contributed by atoms with Crippen molar-refractivity contribution in [2.75, 3.05) is 6.54 Å². The maximum atomic E-state index is 8.90. The zero-order chi connectivity index (χ0) is 18.8. The van der Waals surface area contributed by atoms with Crippen LogP contribution < -0.4 is 10.8 Å². The minimum absolute atomic E-state index is 0.202. The first-order chi connectivity index (χ1) is 13.2. The number of fused-ring (bicyclic) bond motifs is 1. The molecule has 2 saturated carbocycles. The molecule has 2 aliphatic rings. The van der Waals surface area contributed by atoms with Gasteiger partial charge < -0.3 is 10.3 Å². The maximum Gasteiger partial charge on any atom is 0.154 e. The first kappa shape index (κ1) is 18.4. The van der Waals surface area contributed by atoms with Crippen LogP contribution in [0.25, 0.3) is 11.2 Å². The number of H-pyrrole nitrogens is 1. The molecule has 3 atom stereocenters. The maximum absolute atomic E-state index is 8.90. The van der Waals surface area contributed by atoms with E-state index < -0.39 is 0 Å². The van der Waals surface area contributed by atoms with Gasteiger partial charge in [-0.15, -0.1) is 0 Å². The number of hydrogen-bond acceptors (Lipinski definition) is 4. The summed E-state index contributed by atoms with van der Waals surface area (Å²) in [6, 6.07) is 2.42. The second-order valence-electron chi connectivity index (χ2n) is 8.41. The summed E-state index contributed by atoms with van der Waals surface area (Å²) < 4.78 is 1.77. The molecule has 4 N–H and O–H groups in total. The van der Waals surface area contributed by atoms with Crippen LogP contribution in [-0.2, 0) is 0 Å². The van der Waals surface area contributed by atoms with Crippen LogP contribution in [0.4, 0.5) is 0 Å². The fourth-order valence-corrected chi connectivity index (χ4v) is 5.24. The molecule has 0 spiro atoms. The highest BCUT2D eigenvalue weighted by molar-refractivity contribution is 5.91. The number of hydrogen-bond donors (Lipinski definition) is 4. The Hall–Kier alpha value is -1.95. The number of nitrogens with zero attached hydrogens (tertiary/aromatic N) is 2. The summed E-state index contributed by atoms with van der Waals surface area (Å²) in [6.07, 6.45) is 13.6. The molecule has 146 valence electrons. The van der Waals surface area contributed by atoms with Crippen LogP contribution >= 0.6 is 0 Å². The second kappa shape index (κ2) is 7.97. The van der Waals surface area contributed by atoms with E-state index in [0.717, 1.165) is 42.9 Å². The highest BCUT2D eigenvalue weighted by Gasteiger charge is 2.36. The van der Waals surface area contributed by atoms with Crippen LogP contribution in [0.3, 0.4) is 0 Å². The molecule has 6 heteroatoms. The Kier molecular flexibility index (Phi) is 5.43. The Labute approximate surface area is 160 Å². The van der Waals surface area contributed by atoms with Gasteiger partial charge in [-0.2, -0.15) is 0 Å². The van der Waals surface area contributed by atoms with Crippen molar-refractivity contribution in [1.29, 1.82) is 10.8 Å². The topological polar surface area (TPSA) is 93.3 Å². The molecule has 2 fully saturated rings. The molecule has 0 unspecified atom stereocenters. The van der Waals surface area contributed by atoms with E-state index in [4.69, 9.17) is 10.8 Å². The van der Waals surface area contributed by atoms with Crippen LogP contribution in [0.1, 0.15) is 58.3 Å². The molecule has 0 radical (unpaired) electrons. The van der Waals surface area contributed by atoms with Gasteiger partial charge in [-0.05, 0) is 43.7 Å². The van der Waals surface area contributed by atoms with Gasteiger partial charge in [0.2, 0.25) is 0 Å². The fraction of sp³-hybridized carbons (Fsp3) is 0.667. The van der Waals surface area contributed by atoms with Gasteiger partial charge in [0.15, 0.2) is 5.65 Å². The van der Waals surface area contributed by atoms with E-state index in [1.807, 2.05) is 12.3 Å². The molecule has 0 amide bonds. The number of nitrogens with one attached hydrogen (secondary N) is 4. The monoisotopic (exact) mass is 368 g/mol. The van der Waals surface area contributed by atoms with Crippen molar-refractivity contribution in [2.45, 2.75) is 64.3 Å². The smallest absolute Gasteiger partial charge is 0.154 e. The molecule has 6 nitrogen and oxygen atoms in total. The highest BCUT2D eigenvalue weighted by Crippen LogP contribution is 2.36. The Morgan fingerprint density at radius 3 is 2.93 bits per heavy atom. The lowest BCUT2D eigenvalue weighted by Gasteiger charge is -2.21. The fourth-order valence-electron chi connectivity index (χ4n) is 5.24. The minimum Gasteiger partial charge on any atom is -0.345 e. The average molecular weight is 369 g/mol. The molecule has 0 saturated heterocycles. The Morgan fingerprint density at radius 2 is 2.15 bits per heavy atom. The number of aromatic nitrogens is 3. The minimum atomic E-state index is 0.202. The summed E-state index contributed by atoms with van der Waals surface area (Å²) in [7, 11) is 0. The van der Waals surface area contributed by atoms with E-state index in [0.29, 0.717) is 23.3 Å². The Balaban J connectivity index is 1.45. The van der Waals surface area contributed by atoms with Gasteiger partial charge in [0.25, 0.3) is 0 Å². The molecular weight excluding hydrogens is 336 g/mol. The van der Waals surface area contributed by atoms with Crippen LogP contribution in [0.5, 0.6) is 0 Å². The number of rotatable bonds is 6. The first-order valence-corrected chi connectivity index (χ1v) is 10.6. The lowest BCUT2D eigenvalue weighted by molar-refractivity contribution is 0.427. The second-order valence-corrected chi connectivity index (χ2v) is 8.41. The predicted octanol–water partition coefficient (Wildman–Crippen LogP) is 3.64. The van der Waals surface area contributed by atoms with Crippen molar-refractivity contribution in [3.8, 4) is 0 Å². The van der Waals surface area contributed by atoms with Crippen molar-refractivity contribution < 1.29 is 0 Å². The number of aromatic amines is 1. The third-order valence-corrected chi connectivity index (χ3v) is 6.77. The molecule has 4 rings (SSSR count). The van der Waals surface area contributed by atoms with E-state index in [2.05, 4.69) is 22.2 Å². The lowest BCUT2D eigenvalue weighted by Crippen LogP contribution is -2.34. The normalized spacial score (nSPS) is 26.2. The molecule has 2 aromatic heterocycles. The molecule has 2 aliphatic carbocycles. The predicted molar refractivity (Wildman–Crippen MR) is 108 cm³/mol. The summed E-state index contributed by atoms with van der Waals surface area (Å²) in [5.41, 5.74) is 1.87. The molecule has 2 aromatic rings. The average Bonchev–Trinajstić information content (AvgIpc) is 3.41. The van der Waals surface area contributed by atoms with E-state index >= 15 is 0 Å². The van der Waals surface area contributed by atoms with Crippen LogP contribution in [-0.4, -0.2) is 33.0 Å². The lowest BCUT2D eigenvalue weighted by atomic mass is 9.92. The summed E-state index contributed by atoms with van der Waals surface area (Å²) >= 11 is 0. The van der Waals surface area contributed by atoms with Crippen LogP contribution in [0.15, 0.2) is 18.5 Å². The van der Waals surface area contributed by atoms with E-state index in [9.17, 15) is 0 Å². The quantitative estimate of drug-likeness (QED) is 0.463. The van der Waals surface area contributed by atoms with E-state index in [1.54, 1.807) is 10.8 Å². The van der Waals surface area contributed by atoms with E-state index in [-0.39, 0.29) is 5.92 Å². The Morgan fingerprint density at radius 1 is 1.33 bits per heavy atom. The summed E-state index contributed by atoms with van der Waals surface area (Å²) in [5, 5.41) is 21.0. The summed E-state index contributed by atoms with van der Waals surface area (Å²) in [4.78, 5) is 7.37. The van der Waals surface area contributed by atoms with Crippen molar-refractivity contribution in [2.24, 2.45) is 17.8 Å². The standard InChI is InChI=1S/C21H32N6/c1-2-15-11-16(24-9-7-14-5-3-4-6-14)12-17(15)20(23)27-18-8-10-25-21(18)26-13-19(27)22/h8,10,13-17,22-25H,2-7,9,11-12H2,1H3/t15-,16+,17+/m1/s1. The molecule has 27 heavy (non-hydrogen) atoms. The largest absolute Gasteiger partial charge is 0.345 e. The van der Waals surface area contributed by atoms with Gasteiger partial charge in [-0.25, -0.2) is 4.98 Å². The van der Waals surface area contributed by atoms with Crippen molar-refractivity contribution >= 4 is 17.0 Å². The summed E-state index contributed by atoms with van der Waals surface area (Å²) in [5.74, 6) is 2.19. The first-order valence-electron chi connectivity index (χ1n) is 10.6. The molecule has 0 aromatic carbocycles. The molecule has 0 bridgehead atoms. The molecular formula is C21H32N6. The third kappa shape index (κ3) is 3.72. The highest BCUT2D eigenvalue weighted by atomic mass is 15.1. The van der Waals surface area contributed by atoms with Gasteiger partial charge in [0.05, 0.1) is 11.7 Å². The third-order valence-electron chi connectivity index (χ3n) is 6.77. The van der Waals surface area contributed by atoms with Gasteiger partial charge in [-0.3, -0.25) is 15.4 Å². The van der Waals surface area contributed by atoms with Gasteiger partial charge >= 0.3 is 0 Å². The molecule has 2 heterocycles. The van der Waals surface area contributed by atoms with Crippen LogP contribution in [0.2, 0.25) is 0 Å². The van der Waals surface area contributed by atoms with Crippen molar-refractivity contribution in [3.05, 3.63) is 23.9 Å². The van der Waals surface area contributed by atoms with Gasteiger partial charge in [0, 0.05) is 18.2 Å². The SMILES string of the molecule is CC[C@@H]1C[C@H](NCCC2CCCC2)C[C@@H]1C(=N)n1c(=N)cnc2[nH]ccc21. The van der Waals surface area contributed by atoms with Crippen molar-refractivity contribution in [1.82, 2.24) is 19.9 Å².